The van der Waals surface area contributed by atoms with E-state index >= 15 is 0 Å². The lowest BCUT2D eigenvalue weighted by Crippen LogP contribution is -2.63. The smallest absolute Gasteiger partial charge is 0.348 e. The number of epoxide rings is 1. The molecule has 5 heterocycles. The number of morpholine rings is 1. The number of nitrogens with zero attached hydrogens (tertiary/aromatic N) is 1. The molecule has 0 radical (unpaired) electrons. The van der Waals surface area contributed by atoms with Crippen LogP contribution in [-0.2, 0) is 46.7 Å². The lowest BCUT2D eigenvalue weighted by Gasteiger charge is -2.49. The summed E-state index contributed by atoms with van der Waals surface area (Å²) in [6.45, 7) is 12.2. The zero-order chi connectivity index (χ0) is 33.6. The van der Waals surface area contributed by atoms with E-state index in [4.69, 9.17) is 18.6 Å². The molecule has 0 saturated carbocycles. The summed E-state index contributed by atoms with van der Waals surface area (Å²) in [5, 5.41) is 3.96. The molecule has 0 amide bonds. The molecule has 6 rings (SSSR count). The van der Waals surface area contributed by atoms with Crippen LogP contribution in [0.5, 0.6) is 0 Å². The Morgan fingerprint density at radius 1 is 0.915 bits per heavy atom. The number of benzene rings is 1. The number of carbonyl (C=O) groups excluding carboxylic acids is 2. The van der Waals surface area contributed by atoms with Gasteiger partial charge in [-0.05, 0) is 71.4 Å². The first-order valence-electron chi connectivity index (χ1n) is 16.9. The van der Waals surface area contributed by atoms with Crippen molar-refractivity contribution < 1.29 is 32.7 Å². The van der Waals surface area contributed by atoms with Crippen molar-refractivity contribution in [1.82, 2.24) is 0 Å². The summed E-state index contributed by atoms with van der Waals surface area (Å²) in [6.07, 6.45) is 5.54. The van der Waals surface area contributed by atoms with Crippen molar-refractivity contribution in [3.8, 4) is 0 Å². The molecule has 1 aromatic carbocycles. The average molecular weight is 697 g/mol. The first-order chi connectivity index (χ1) is 22.3. The summed E-state index contributed by atoms with van der Waals surface area (Å²) in [5.41, 5.74) is 1.00. The molecule has 254 valence electrons. The van der Waals surface area contributed by atoms with Gasteiger partial charge in [0.15, 0.2) is 8.32 Å². The minimum absolute atomic E-state index is 0.0805. The molecule has 3 aliphatic heterocycles. The highest BCUT2D eigenvalue weighted by Crippen LogP contribution is 2.54. The predicted octanol–water partition coefficient (Wildman–Crippen LogP) is 7.48. The van der Waals surface area contributed by atoms with E-state index in [-0.39, 0.29) is 35.3 Å². The van der Waals surface area contributed by atoms with Gasteiger partial charge >= 0.3 is 11.9 Å². The fourth-order valence-electron chi connectivity index (χ4n) is 7.52. The van der Waals surface area contributed by atoms with Gasteiger partial charge in [-0.3, -0.25) is 4.79 Å². The van der Waals surface area contributed by atoms with E-state index in [1.54, 1.807) is 22.7 Å². The number of quaternary nitrogens is 1. The second kappa shape index (κ2) is 13.2. The SMILES string of the molecule is COC(=O)Cc1ccc(CCCC[N+]2(C)C3CC(OC(=O)C(O[Si](C)(C)C(C)(C)C)(c4cccs4)c4cccs4)CC2C2OC23)cc1. The van der Waals surface area contributed by atoms with Crippen LogP contribution in [0.25, 0.3) is 0 Å². The number of hydrogen-bond donors (Lipinski definition) is 0. The van der Waals surface area contributed by atoms with E-state index < -0.39 is 13.9 Å². The number of rotatable bonds is 13. The van der Waals surface area contributed by atoms with Gasteiger partial charge in [-0.25, -0.2) is 4.79 Å². The third-order valence-electron chi connectivity index (χ3n) is 11.3. The highest BCUT2D eigenvalue weighted by Gasteiger charge is 2.72. The standard InChI is InChI=1S/C37H50NO6S2Si/c1-36(2,3)47(6,7)44-37(30-13-10-20-45-30,31-14-11-21-46-31)35(40)42-27-23-28-33-34(43-33)29(24-27)38(28,4)19-9-8-12-25-15-17-26(18-16-25)22-32(39)41-5/h10-11,13-18,20-21,27-29,33-34H,8-9,12,19,22-24H2,1-7H3/q+1. The van der Waals surface area contributed by atoms with Crippen LogP contribution in [0.4, 0.5) is 0 Å². The summed E-state index contributed by atoms with van der Waals surface area (Å²) < 4.78 is 25.8. The number of methoxy groups -OCH3 is 1. The van der Waals surface area contributed by atoms with Crippen molar-refractivity contribution in [3.63, 3.8) is 0 Å². The van der Waals surface area contributed by atoms with Crippen molar-refractivity contribution in [2.45, 2.75) is 113 Å². The first kappa shape index (κ1) is 34.5. The second-order valence-corrected chi connectivity index (χ2v) is 21.9. The zero-order valence-electron chi connectivity index (χ0n) is 28.8. The summed E-state index contributed by atoms with van der Waals surface area (Å²) in [7, 11) is 1.41. The number of fused-ring (bicyclic) bond motifs is 5. The van der Waals surface area contributed by atoms with Crippen LogP contribution in [0.1, 0.15) is 67.3 Å². The Morgan fingerprint density at radius 3 is 2.00 bits per heavy atom. The highest BCUT2D eigenvalue weighted by molar-refractivity contribution is 7.12. The molecule has 3 fully saturated rings. The molecule has 0 aliphatic carbocycles. The van der Waals surface area contributed by atoms with E-state index in [0.29, 0.717) is 18.5 Å². The molecule has 0 N–H and O–H groups in total. The fraction of sp³-hybridized carbons (Fsp3) is 0.568. The molecule has 0 spiro atoms. The summed E-state index contributed by atoms with van der Waals surface area (Å²) >= 11 is 3.13. The molecule has 3 aliphatic rings. The molecule has 3 saturated heterocycles. The van der Waals surface area contributed by atoms with Gasteiger partial charge in [0.25, 0.3) is 0 Å². The van der Waals surface area contributed by atoms with Gasteiger partial charge < -0.3 is 23.1 Å². The van der Waals surface area contributed by atoms with Gasteiger partial charge in [-0.1, -0.05) is 57.2 Å². The van der Waals surface area contributed by atoms with E-state index in [0.717, 1.165) is 58.4 Å². The molecule has 4 atom stereocenters. The van der Waals surface area contributed by atoms with E-state index in [9.17, 15) is 9.59 Å². The Hall–Kier alpha value is -2.34. The molecule has 3 aromatic rings. The number of hydrogen-bond acceptors (Lipinski definition) is 8. The topological polar surface area (TPSA) is 74.4 Å². The van der Waals surface area contributed by atoms with Gasteiger partial charge in [0.05, 0.1) is 36.9 Å². The van der Waals surface area contributed by atoms with E-state index in [1.165, 1.54) is 12.7 Å². The molecular formula is C37H50NO6S2Si+. The van der Waals surface area contributed by atoms with Crippen LogP contribution >= 0.6 is 22.7 Å². The summed E-state index contributed by atoms with van der Waals surface area (Å²) in [5.74, 6) is -0.492. The number of carbonyl (C=O) groups is 2. The number of likely N-dealkylation sites (N-methyl/N-ethyl adjacent to an activating group) is 1. The first-order valence-corrected chi connectivity index (χ1v) is 21.6. The minimum atomic E-state index is -2.41. The molecule has 2 bridgehead atoms. The Kier molecular flexibility index (Phi) is 9.67. The van der Waals surface area contributed by atoms with Gasteiger partial charge in [-0.2, -0.15) is 0 Å². The normalized spacial score (nSPS) is 26.9. The largest absolute Gasteiger partial charge is 0.469 e. The highest BCUT2D eigenvalue weighted by atomic mass is 32.1. The average Bonchev–Trinajstić information content (AvgIpc) is 3.33. The van der Waals surface area contributed by atoms with Crippen molar-refractivity contribution in [3.05, 3.63) is 80.2 Å². The van der Waals surface area contributed by atoms with Crippen molar-refractivity contribution in [2.24, 2.45) is 0 Å². The van der Waals surface area contributed by atoms with Crippen LogP contribution < -0.4 is 0 Å². The fourth-order valence-corrected chi connectivity index (χ4v) is 10.8. The van der Waals surface area contributed by atoms with Gasteiger partial charge in [0, 0.05) is 12.8 Å². The molecule has 2 aromatic heterocycles. The van der Waals surface area contributed by atoms with Crippen molar-refractivity contribution in [1.29, 1.82) is 0 Å². The van der Waals surface area contributed by atoms with Crippen LogP contribution in [0.3, 0.4) is 0 Å². The lowest BCUT2D eigenvalue weighted by atomic mass is 9.93. The van der Waals surface area contributed by atoms with Crippen LogP contribution in [0, 0.1) is 0 Å². The summed E-state index contributed by atoms with van der Waals surface area (Å²) in [6, 6.07) is 17.0. The third-order valence-corrected chi connectivity index (χ3v) is 17.7. The molecular weight excluding hydrogens is 647 g/mol. The lowest BCUT2D eigenvalue weighted by molar-refractivity contribution is -0.956. The van der Waals surface area contributed by atoms with E-state index in [2.05, 4.69) is 53.0 Å². The van der Waals surface area contributed by atoms with Gasteiger partial charge in [0.2, 0.25) is 5.60 Å². The molecule has 7 nitrogen and oxygen atoms in total. The maximum absolute atomic E-state index is 14.7. The van der Waals surface area contributed by atoms with Gasteiger partial charge in [-0.15, -0.1) is 22.7 Å². The van der Waals surface area contributed by atoms with Crippen LogP contribution in [-0.4, -0.2) is 75.8 Å². The number of piperidine rings is 1. The quantitative estimate of drug-likeness (QED) is 0.0607. The Balaban J connectivity index is 1.13. The monoisotopic (exact) mass is 696 g/mol. The van der Waals surface area contributed by atoms with Crippen LogP contribution in [0.15, 0.2) is 59.3 Å². The zero-order valence-corrected chi connectivity index (χ0v) is 31.5. The number of thiophene rings is 2. The van der Waals surface area contributed by atoms with E-state index in [1.807, 2.05) is 47.2 Å². The van der Waals surface area contributed by atoms with Gasteiger partial charge in [0.1, 0.15) is 30.4 Å². The maximum atomic E-state index is 14.7. The molecule has 4 unspecified atom stereocenters. The molecule has 10 heteroatoms. The number of ether oxygens (including phenoxy) is 3. The Labute approximate surface area is 288 Å². The number of esters is 2. The maximum Gasteiger partial charge on any atom is 0.348 e. The predicted molar refractivity (Wildman–Crippen MR) is 189 cm³/mol. The van der Waals surface area contributed by atoms with Crippen molar-refractivity contribution in [2.75, 3.05) is 20.7 Å². The Bertz CT molecular complexity index is 1480. The number of aryl methyl sites for hydroxylation is 1. The third kappa shape index (κ3) is 6.66. The van der Waals surface area contributed by atoms with Crippen molar-refractivity contribution >= 4 is 42.9 Å². The number of unbranched alkanes of at least 4 members (excludes halogenated alkanes) is 1. The minimum Gasteiger partial charge on any atom is -0.469 e. The second-order valence-electron chi connectivity index (χ2n) is 15.3. The van der Waals surface area contributed by atoms with Crippen LogP contribution in [0.2, 0.25) is 18.1 Å². The Morgan fingerprint density at radius 2 is 1.49 bits per heavy atom. The molecule has 47 heavy (non-hydrogen) atoms. The summed E-state index contributed by atoms with van der Waals surface area (Å²) in [4.78, 5) is 28.0.